The lowest BCUT2D eigenvalue weighted by Crippen LogP contribution is -2.40. The number of benzene rings is 2. The Morgan fingerprint density at radius 3 is 1.75 bits per heavy atom. The molecule has 3 amide bonds. The average molecular weight is 324 g/mol. The first kappa shape index (κ1) is 16.2. The summed E-state index contributed by atoms with van der Waals surface area (Å²) in [5.74, 6) is -0.259. The molecule has 2 aromatic carbocycles. The Morgan fingerprint density at radius 2 is 1.42 bits per heavy atom. The number of rotatable bonds is 2. The van der Waals surface area contributed by atoms with Gasteiger partial charge in [0.15, 0.2) is 0 Å². The molecular weight excluding hydrogens is 304 g/mol. The zero-order valence-corrected chi connectivity index (χ0v) is 13.2. The summed E-state index contributed by atoms with van der Waals surface area (Å²) in [6.45, 7) is 1.91. The van der Waals surface area contributed by atoms with Crippen molar-refractivity contribution < 1.29 is 9.59 Å². The fraction of sp³-hybridized carbons (Fsp3) is 0.222. The quantitative estimate of drug-likeness (QED) is 0.619. The van der Waals surface area contributed by atoms with E-state index in [0.29, 0.717) is 0 Å². The van der Waals surface area contributed by atoms with E-state index in [1.807, 2.05) is 5.32 Å². The molecule has 2 aromatic rings. The van der Waals surface area contributed by atoms with Crippen LogP contribution >= 0.6 is 0 Å². The summed E-state index contributed by atoms with van der Waals surface area (Å²) in [6, 6.07) is 20.9. The molecule has 6 nitrogen and oxygen atoms in total. The topological polar surface area (TPSA) is 82.3 Å². The molecule has 24 heavy (non-hydrogen) atoms. The number of hydrogen-bond donors (Lipinski definition) is 4. The Balaban J connectivity index is 0.000000203. The zero-order valence-electron chi connectivity index (χ0n) is 13.2. The van der Waals surface area contributed by atoms with Gasteiger partial charge in [-0.1, -0.05) is 60.7 Å². The third-order valence-electron chi connectivity index (χ3n) is 4.10. The maximum absolute atomic E-state index is 10.1. The van der Waals surface area contributed by atoms with Gasteiger partial charge in [-0.2, -0.15) is 0 Å². The zero-order chi connectivity index (χ0) is 16.8. The fourth-order valence-electron chi connectivity index (χ4n) is 2.92. The number of hydrogen-bond acceptors (Lipinski definition) is 4. The second-order valence-corrected chi connectivity index (χ2v) is 5.65. The highest BCUT2D eigenvalue weighted by atomic mass is 16.2. The summed E-state index contributed by atoms with van der Waals surface area (Å²) in [7, 11) is 0. The minimum atomic E-state index is -0.398. The Morgan fingerprint density at radius 1 is 0.833 bits per heavy atom. The molecule has 124 valence electrons. The SMILES string of the molecule is O=C1CNC(=O)N1.c1ccc(C2(c3ccccc3)CNCN2)cc1. The summed E-state index contributed by atoms with van der Waals surface area (Å²) in [6.07, 6.45) is 0. The molecule has 0 aromatic heterocycles. The van der Waals surface area contributed by atoms with Crippen LogP contribution in [-0.2, 0) is 10.3 Å². The van der Waals surface area contributed by atoms with Crippen molar-refractivity contribution in [2.24, 2.45) is 0 Å². The van der Waals surface area contributed by atoms with E-state index in [0.717, 1.165) is 13.2 Å². The van der Waals surface area contributed by atoms with Gasteiger partial charge in [0.2, 0.25) is 5.91 Å². The highest BCUT2D eigenvalue weighted by molar-refractivity contribution is 6.01. The molecular formula is C18H20N4O2. The summed E-state index contributed by atoms with van der Waals surface area (Å²) >= 11 is 0. The molecule has 0 unspecified atom stereocenters. The van der Waals surface area contributed by atoms with Gasteiger partial charge >= 0.3 is 6.03 Å². The number of amides is 3. The maximum Gasteiger partial charge on any atom is 0.321 e. The molecule has 2 heterocycles. The molecule has 0 aliphatic carbocycles. The van der Waals surface area contributed by atoms with Gasteiger partial charge in [0, 0.05) is 13.2 Å². The summed E-state index contributed by atoms with van der Waals surface area (Å²) in [5.41, 5.74) is 2.55. The largest absolute Gasteiger partial charge is 0.329 e. The lowest BCUT2D eigenvalue weighted by atomic mass is 9.84. The first-order chi connectivity index (χ1) is 11.7. The van der Waals surface area contributed by atoms with E-state index in [4.69, 9.17) is 0 Å². The highest BCUT2D eigenvalue weighted by Gasteiger charge is 2.36. The second-order valence-electron chi connectivity index (χ2n) is 5.65. The normalized spacial score (nSPS) is 18.3. The van der Waals surface area contributed by atoms with Crippen LogP contribution < -0.4 is 21.3 Å². The van der Waals surface area contributed by atoms with Crippen molar-refractivity contribution in [1.82, 2.24) is 21.3 Å². The van der Waals surface area contributed by atoms with Gasteiger partial charge in [-0.3, -0.25) is 15.4 Å². The second kappa shape index (κ2) is 7.25. The Hall–Kier alpha value is -2.70. The molecule has 0 atom stereocenters. The number of carbonyl (C=O) groups is 2. The fourth-order valence-corrected chi connectivity index (χ4v) is 2.92. The lowest BCUT2D eigenvalue weighted by Gasteiger charge is -2.30. The smallest absolute Gasteiger partial charge is 0.321 e. The third-order valence-corrected chi connectivity index (χ3v) is 4.10. The van der Waals surface area contributed by atoms with Gasteiger partial charge in [-0.25, -0.2) is 4.79 Å². The molecule has 2 saturated heterocycles. The molecule has 6 heteroatoms. The van der Waals surface area contributed by atoms with Gasteiger partial charge in [-0.05, 0) is 11.1 Å². The maximum atomic E-state index is 10.1. The lowest BCUT2D eigenvalue weighted by molar-refractivity contribution is -0.117. The number of urea groups is 1. The van der Waals surface area contributed by atoms with E-state index < -0.39 is 6.03 Å². The van der Waals surface area contributed by atoms with Crippen molar-refractivity contribution in [2.45, 2.75) is 5.54 Å². The van der Waals surface area contributed by atoms with E-state index >= 15 is 0 Å². The van der Waals surface area contributed by atoms with E-state index in [1.165, 1.54) is 11.1 Å². The molecule has 0 radical (unpaired) electrons. The van der Waals surface area contributed by atoms with Crippen molar-refractivity contribution in [3.63, 3.8) is 0 Å². The predicted molar refractivity (Wildman–Crippen MR) is 91.2 cm³/mol. The van der Waals surface area contributed by atoms with Crippen molar-refractivity contribution >= 4 is 11.9 Å². The van der Waals surface area contributed by atoms with Crippen molar-refractivity contribution in [2.75, 3.05) is 19.8 Å². The molecule has 2 fully saturated rings. The first-order valence-corrected chi connectivity index (χ1v) is 7.85. The van der Waals surface area contributed by atoms with Crippen molar-refractivity contribution in [1.29, 1.82) is 0 Å². The van der Waals surface area contributed by atoms with Crippen LogP contribution in [0.3, 0.4) is 0 Å². The van der Waals surface area contributed by atoms with E-state index in [-0.39, 0.29) is 18.0 Å². The van der Waals surface area contributed by atoms with Crippen molar-refractivity contribution in [3.8, 4) is 0 Å². The van der Waals surface area contributed by atoms with Crippen LogP contribution in [0.25, 0.3) is 0 Å². The van der Waals surface area contributed by atoms with Crippen molar-refractivity contribution in [3.05, 3.63) is 71.8 Å². The van der Waals surface area contributed by atoms with E-state index in [1.54, 1.807) is 0 Å². The van der Waals surface area contributed by atoms with Crippen LogP contribution in [0.5, 0.6) is 0 Å². The van der Waals surface area contributed by atoms with Gasteiger partial charge in [-0.15, -0.1) is 0 Å². The van der Waals surface area contributed by atoms with Gasteiger partial charge in [0.1, 0.15) is 0 Å². The monoisotopic (exact) mass is 324 g/mol. The molecule has 0 spiro atoms. The number of carbonyl (C=O) groups excluding carboxylic acids is 2. The molecule has 4 N–H and O–H groups in total. The van der Waals surface area contributed by atoms with Crippen LogP contribution in [0.4, 0.5) is 4.79 Å². The van der Waals surface area contributed by atoms with Gasteiger partial charge < -0.3 is 10.6 Å². The third kappa shape index (κ3) is 3.45. The van der Waals surface area contributed by atoms with Crippen LogP contribution in [0.2, 0.25) is 0 Å². The van der Waals surface area contributed by atoms with Crippen LogP contribution in [0.1, 0.15) is 11.1 Å². The highest BCUT2D eigenvalue weighted by Crippen LogP contribution is 2.30. The molecule has 2 aliphatic heterocycles. The van der Waals surface area contributed by atoms with E-state index in [9.17, 15) is 9.59 Å². The Bertz CT molecular complexity index is 642. The Kier molecular flexibility index (Phi) is 4.88. The minimum absolute atomic E-state index is 0.0808. The average Bonchev–Trinajstić information content (AvgIpc) is 3.27. The summed E-state index contributed by atoms with van der Waals surface area (Å²) < 4.78 is 0. The standard InChI is InChI=1S/C15H16N2.C3H4N2O2/c1-3-7-13(8-4-1)15(11-16-12-17-15)14-9-5-2-6-10-14;6-2-1-4-3(7)5-2/h1-10,16-17H,11-12H2;1H2,(H2,4,5,6,7). The number of nitrogens with one attached hydrogen (secondary N) is 4. The minimum Gasteiger partial charge on any atom is -0.329 e. The molecule has 4 rings (SSSR count). The van der Waals surface area contributed by atoms with E-state index in [2.05, 4.69) is 76.6 Å². The van der Waals surface area contributed by atoms with Gasteiger partial charge in [0.25, 0.3) is 0 Å². The summed E-state index contributed by atoms with van der Waals surface area (Å²) in [4.78, 5) is 20.1. The molecule has 2 aliphatic rings. The Labute approximate surface area is 140 Å². The number of imide groups is 1. The van der Waals surface area contributed by atoms with Crippen LogP contribution in [0.15, 0.2) is 60.7 Å². The van der Waals surface area contributed by atoms with Crippen LogP contribution in [0, 0.1) is 0 Å². The first-order valence-electron chi connectivity index (χ1n) is 7.85. The summed E-state index contributed by atoms with van der Waals surface area (Å²) in [5, 5.41) is 11.3. The molecule has 0 saturated carbocycles. The molecule has 0 bridgehead atoms. The van der Waals surface area contributed by atoms with Crippen LogP contribution in [-0.4, -0.2) is 31.7 Å². The van der Waals surface area contributed by atoms with Gasteiger partial charge in [0.05, 0.1) is 12.1 Å². The predicted octanol–water partition coefficient (Wildman–Crippen LogP) is 0.906.